The van der Waals surface area contributed by atoms with Gasteiger partial charge in [-0.2, -0.15) is 4.31 Å². The molecule has 1 aromatic carbocycles. The Labute approximate surface area is 168 Å². The molecule has 0 spiro atoms. The van der Waals surface area contributed by atoms with Gasteiger partial charge in [0.2, 0.25) is 0 Å². The topological polar surface area (TPSA) is 96.5 Å². The number of hydrogen-bond donors (Lipinski definition) is 2. The second-order valence-electron chi connectivity index (χ2n) is 6.92. The van der Waals surface area contributed by atoms with Crippen molar-refractivity contribution in [3.63, 3.8) is 0 Å². The molecule has 0 bridgehead atoms. The van der Waals surface area contributed by atoms with E-state index in [1.807, 2.05) is 30.3 Å². The lowest BCUT2D eigenvalue weighted by atomic mass is 9.86. The van der Waals surface area contributed by atoms with Crippen LogP contribution in [0.2, 0.25) is 0 Å². The third-order valence-corrected chi connectivity index (χ3v) is 8.60. The van der Waals surface area contributed by atoms with Crippen molar-refractivity contribution in [1.82, 2.24) is 9.29 Å². The minimum Gasteiger partial charge on any atom is -0.399 e. The highest BCUT2D eigenvalue weighted by Gasteiger charge is 2.38. The summed E-state index contributed by atoms with van der Waals surface area (Å²) in [7, 11) is -3.60. The first-order valence-electron chi connectivity index (χ1n) is 8.97. The number of piperidine rings is 1. The lowest BCUT2D eigenvalue weighted by Crippen LogP contribution is -2.44. The fourth-order valence-electron chi connectivity index (χ4n) is 3.46. The lowest BCUT2D eigenvalue weighted by Gasteiger charge is -2.37. The molecule has 0 unspecified atom stereocenters. The Bertz CT molecular complexity index is 1070. The van der Waals surface area contributed by atoms with E-state index < -0.39 is 15.6 Å². The van der Waals surface area contributed by atoms with Gasteiger partial charge < -0.3 is 10.8 Å². The largest absolute Gasteiger partial charge is 0.399 e. The van der Waals surface area contributed by atoms with Crippen LogP contribution < -0.4 is 5.73 Å². The number of benzene rings is 1. The Morgan fingerprint density at radius 1 is 1.11 bits per heavy atom. The van der Waals surface area contributed by atoms with Crippen LogP contribution in [0.1, 0.15) is 18.4 Å². The number of hydrogen-bond acceptors (Lipinski definition) is 6. The van der Waals surface area contributed by atoms with E-state index in [2.05, 4.69) is 4.98 Å². The van der Waals surface area contributed by atoms with Gasteiger partial charge in [0, 0.05) is 41.6 Å². The number of thiophene rings is 1. The molecule has 28 heavy (non-hydrogen) atoms. The van der Waals surface area contributed by atoms with Gasteiger partial charge in [0.15, 0.2) is 0 Å². The Balaban J connectivity index is 1.52. The van der Waals surface area contributed by atoms with Gasteiger partial charge in [0.1, 0.15) is 4.21 Å². The number of nitrogens with zero attached hydrogens (tertiary/aromatic N) is 2. The lowest BCUT2D eigenvalue weighted by molar-refractivity contribution is -0.00986. The van der Waals surface area contributed by atoms with Gasteiger partial charge in [0.25, 0.3) is 10.0 Å². The molecule has 1 aliphatic rings. The number of pyridine rings is 1. The number of rotatable bonds is 4. The van der Waals surface area contributed by atoms with Crippen molar-refractivity contribution in [2.75, 3.05) is 18.8 Å². The van der Waals surface area contributed by atoms with Crippen LogP contribution in [0.4, 0.5) is 5.69 Å². The predicted molar refractivity (Wildman–Crippen MR) is 110 cm³/mol. The van der Waals surface area contributed by atoms with Crippen molar-refractivity contribution in [3.8, 4) is 10.4 Å². The highest BCUT2D eigenvalue weighted by Crippen LogP contribution is 2.37. The van der Waals surface area contributed by atoms with Crippen LogP contribution in [0.5, 0.6) is 0 Å². The molecule has 0 saturated carbocycles. The van der Waals surface area contributed by atoms with Crippen LogP contribution in [0.25, 0.3) is 10.4 Å². The first-order valence-corrected chi connectivity index (χ1v) is 11.2. The molecule has 6 nitrogen and oxygen atoms in total. The smallest absolute Gasteiger partial charge is 0.252 e. The molecule has 146 valence electrons. The number of anilines is 1. The summed E-state index contributed by atoms with van der Waals surface area (Å²) in [5, 5.41) is 10.9. The molecule has 2 aromatic heterocycles. The highest BCUT2D eigenvalue weighted by molar-refractivity contribution is 7.91. The van der Waals surface area contributed by atoms with Crippen molar-refractivity contribution >= 4 is 27.0 Å². The number of nitrogen functional groups attached to an aromatic ring is 1. The number of nitrogens with two attached hydrogens (primary N) is 1. The SMILES string of the molecule is Nc1cccc(-c2ccc(S(=O)(=O)N3CCC(O)(c4cccnc4)CC3)s2)c1. The Hall–Kier alpha value is -2.26. The maximum absolute atomic E-state index is 13.1. The van der Waals surface area contributed by atoms with Crippen LogP contribution in [0, 0.1) is 0 Å². The molecule has 0 aliphatic carbocycles. The van der Waals surface area contributed by atoms with Gasteiger partial charge in [-0.05, 0) is 48.7 Å². The van der Waals surface area contributed by atoms with Crippen LogP contribution in [0.3, 0.4) is 0 Å². The van der Waals surface area contributed by atoms with E-state index in [4.69, 9.17) is 5.73 Å². The monoisotopic (exact) mass is 415 g/mol. The van der Waals surface area contributed by atoms with Crippen molar-refractivity contribution < 1.29 is 13.5 Å². The molecule has 1 saturated heterocycles. The number of aliphatic hydroxyl groups is 1. The Morgan fingerprint density at radius 2 is 1.89 bits per heavy atom. The van der Waals surface area contributed by atoms with Crippen LogP contribution in [0.15, 0.2) is 65.1 Å². The van der Waals surface area contributed by atoms with E-state index in [1.165, 1.54) is 15.6 Å². The molecule has 1 aliphatic heterocycles. The first kappa shape index (κ1) is 19.1. The van der Waals surface area contributed by atoms with Gasteiger partial charge in [-0.3, -0.25) is 4.98 Å². The zero-order chi connectivity index (χ0) is 19.8. The fraction of sp³-hybridized carbons (Fsp3) is 0.250. The zero-order valence-electron chi connectivity index (χ0n) is 15.2. The molecule has 8 heteroatoms. The molecule has 0 amide bonds. The average Bonchev–Trinajstić information content (AvgIpc) is 3.20. The summed E-state index contributed by atoms with van der Waals surface area (Å²) in [5.74, 6) is 0. The van der Waals surface area contributed by atoms with E-state index in [1.54, 1.807) is 30.6 Å². The minimum atomic E-state index is -3.60. The molecular weight excluding hydrogens is 394 g/mol. The third-order valence-electron chi connectivity index (χ3n) is 5.10. The van der Waals surface area contributed by atoms with E-state index in [-0.39, 0.29) is 13.1 Å². The normalized spacial score (nSPS) is 17.5. The quantitative estimate of drug-likeness (QED) is 0.639. The third kappa shape index (κ3) is 3.56. The molecule has 3 heterocycles. The summed E-state index contributed by atoms with van der Waals surface area (Å²) >= 11 is 1.23. The highest BCUT2D eigenvalue weighted by atomic mass is 32.2. The maximum Gasteiger partial charge on any atom is 0.252 e. The van der Waals surface area contributed by atoms with Gasteiger partial charge >= 0.3 is 0 Å². The van der Waals surface area contributed by atoms with E-state index >= 15 is 0 Å². The van der Waals surface area contributed by atoms with Gasteiger partial charge in [-0.15, -0.1) is 11.3 Å². The molecule has 4 rings (SSSR count). The Kier molecular flexibility index (Phi) is 4.96. The van der Waals surface area contributed by atoms with Crippen LogP contribution in [-0.2, 0) is 15.6 Å². The molecule has 1 fully saturated rings. The van der Waals surface area contributed by atoms with Crippen LogP contribution >= 0.6 is 11.3 Å². The molecule has 3 aromatic rings. The van der Waals surface area contributed by atoms with Crippen molar-refractivity contribution in [3.05, 3.63) is 66.5 Å². The average molecular weight is 416 g/mol. The fourth-order valence-corrected chi connectivity index (χ4v) is 6.35. The zero-order valence-corrected chi connectivity index (χ0v) is 16.8. The maximum atomic E-state index is 13.1. The van der Waals surface area contributed by atoms with Crippen LogP contribution in [-0.4, -0.2) is 35.9 Å². The van der Waals surface area contributed by atoms with Gasteiger partial charge in [0.05, 0.1) is 5.60 Å². The molecule has 3 N–H and O–H groups in total. The van der Waals surface area contributed by atoms with E-state index in [9.17, 15) is 13.5 Å². The minimum absolute atomic E-state index is 0.263. The first-order chi connectivity index (χ1) is 13.4. The molecule has 0 radical (unpaired) electrons. The van der Waals surface area contributed by atoms with Crippen molar-refractivity contribution in [2.45, 2.75) is 22.7 Å². The van der Waals surface area contributed by atoms with Gasteiger partial charge in [-0.25, -0.2) is 8.42 Å². The molecule has 0 atom stereocenters. The second kappa shape index (κ2) is 7.29. The van der Waals surface area contributed by atoms with Crippen molar-refractivity contribution in [2.24, 2.45) is 0 Å². The summed E-state index contributed by atoms with van der Waals surface area (Å²) in [5.41, 5.74) is 7.06. The standard InChI is InChI=1S/C20H21N3O3S2/c21-17-5-1-3-15(13-17)18-6-7-19(27-18)28(25,26)23-11-8-20(24,9-12-23)16-4-2-10-22-14-16/h1-7,10,13-14,24H,8-9,11-12,21H2. The number of aromatic nitrogens is 1. The van der Waals surface area contributed by atoms with E-state index in [0.29, 0.717) is 22.7 Å². The van der Waals surface area contributed by atoms with E-state index in [0.717, 1.165) is 16.0 Å². The summed E-state index contributed by atoms with van der Waals surface area (Å²) < 4.78 is 27.9. The summed E-state index contributed by atoms with van der Waals surface area (Å²) in [6.45, 7) is 0.526. The molecular formula is C20H21N3O3S2. The Morgan fingerprint density at radius 3 is 2.57 bits per heavy atom. The second-order valence-corrected chi connectivity index (χ2v) is 10.2. The van der Waals surface area contributed by atoms with Crippen molar-refractivity contribution in [1.29, 1.82) is 0 Å². The predicted octanol–water partition coefficient (Wildman–Crippen LogP) is 3.06. The summed E-state index contributed by atoms with van der Waals surface area (Å²) in [6.07, 6.45) is 3.97. The number of sulfonamides is 1. The van der Waals surface area contributed by atoms with Gasteiger partial charge in [-0.1, -0.05) is 18.2 Å². The summed E-state index contributed by atoms with van der Waals surface area (Å²) in [6, 6.07) is 14.4. The summed E-state index contributed by atoms with van der Waals surface area (Å²) in [4.78, 5) is 4.92.